The Balaban J connectivity index is 2.45. The molecule has 0 amide bonds. The lowest BCUT2D eigenvalue weighted by Crippen LogP contribution is -2.17. The lowest BCUT2D eigenvalue weighted by molar-refractivity contribution is -0.274. The first-order chi connectivity index (χ1) is 9.80. The van der Waals surface area contributed by atoms with E-state index in [0.717, 1.165) is 0 Å². The minimum atomic E-state index is -4.76. The van der Waals surface area contributed by atoms with Crippen LogP contribution in [0.3, 0.4) is 0 Å². The maximum atomic E-state index is 12.2. The molecule has 7 heteroatoms. The summed E-state index contributed by atoms with van der Waals surface area (Å²) in [5.74, 6) is -0.142. The van der Waals surface area contributed by atoms with E-state index in [2.05, 4.69) is 14.7 Å². The van der Waals surface area contributed by atoms with Crippen LogP contribution in [0.15, 0.2) is 29.1 Å². The number of ether oxygens (including phenoxy) is 1. The summed E-state index contributed by atoms with van der Waals surface area (Å²) in [6.07, 6.45) is -4.21. The lowest BCUT2D eigenvalue weighted by atomic mass is 10.1. The molecule has 21 heavy (non-hydrogen) atoms. The first-order valence-corrected chi connectivity index (χ1v) is 6.26. The number of H-pyrrole nitrogens is 1. The lowest BCUT2D eigenvalue weighted by Gasteiger charge is -2.10. The van der Waals surface area contributed by atoms with Gasteiger partial charge in [-0.15, -0.1) is 13.2 Å². The van der Waals surface area contributed by atoms with E-state index in [4.69, 9.17) is 0 Å². The van der Waals surface area contributed by atoms with Crippen molar-refractivity contribution in [1.82, 2.24) is 9.97 Å². The fourth-order valence-electron chi connectivity index (χ4n) is 1.90. The van der Waals surface area contributed by atoms with Crippen LogP contribution in [0.25, 0.3) is 11.4 Å². The molecule has 112 valence electrons. The van der Waals surface area contributed by atoms with Gasteiger partial charge in [-0.25, -0.2) is 4.98 Å². The Labute approximate surface area is 118 Å². The minimum Gasteiger partial charge on any atom is -0.406 e. The molecule has 0 aliphatic rings. The Hall–Kier alpha value is -2.31. The molecular weight excluding hydrogens is 285 g/mol. The molecule has 0 aliphatic carbocycles. The fourth-order valence-corrected chi connectivity index (χ4v) is 1.90. The van der Waals surface area contributed by atoms with Crippen LogP contribution in [0.2, 0.25) is 0 Å². The maximum Gasteiger partial charge on any atom is 0.573 e. The predicted molar refractivity (Wildman–Crippen MR) is 71.1 cm³/mol. The van der Waals surface area contributed by atoms with Crippen molar-refractivity contribution in [1.29, 1.82) is 0 Å². The van der Waals surface area contributed by atoms with E-state index in [0.29, 0.717) is 23.2 Å². The number of hydrogen-bond acceptors (Lipinski definition) is 3. The number of aromatic amines is 1. The molecule has 0 saturated heterocycles. The van der Waals surface area contributed by atoms with Gasteiger partial charge in [0, 0.05) is 11.1 Å². The zero-order valence-corrected chi connectivity index (χ0v) is 11.4. The van der Waals surface area contributed by atoms with Crippen molar-refractivity contribution in [2.75, 3.05) is 0 Å². The topological polar surface area (TPSA) is 55.0 Å². The van der Waals surface area contributed by atoms with Gasteiger partial charge in [-0.05, 0) is 25.5 Å². The van der Waals surface area contributed by atoms with Gasteiger partial charge in [0.05, 0.1) is 5.69 Å². The number of halogens is 3. The predicted octanol–water partition coefficient (Wildman–Crippen LogP) is 3.21. The average Bonchev–Trinajstić information content (AvgIpc) is 2.40. The molecular formula is C14H13F3N2O2. The van der Waals surface area contributed by atoms with Crippen LogP contribution in [-0.2, 0) is 6.42 Å². The van der Waals surface area contributed by atoms with Crippen LogP contribution in [0.1, 0.15) is 18.2 Å². The molecule has 0 unspecified atom stereocenters. The van der Waals surface area contributed by atoms with Crippen molar-refractivity contribution in [3.8, 4) is 17.1 Å². The largest absolute Gasteiger partial charge is 0.573 e. The summed E-state index contributed by atoms with van der Waals surface area (Å²) in [6.45, 7) is 3.50. The van der Waals surface area contributed by atoms with Gasteiger partial charge >= 0.3 is 6.36 Å². The number of alkyl halides is 3. The normalized spacial score (nSPS) is 11.5. The van der Waals surface area contributed by atoms with Crippen molar-refractivity contribution in [2.45, 2.75) is 26.6 Å². The number of aryl methyl sites for hydroxylation is 1. The van der Waals surface area contributed by atoms with Crippen molar-refractivity contribution in [2.24, 2.45) is 0 Å². The quantitative estimate of drug-likeness (QED) is 0.946. The molecule has 4 nitrogen and oxygen atoms in total. The molecule has 0 spiro atoms. The first-order valence-electron chi connectivity index (χ1n) is 6.26. The Morgan fingerprint density at radius 1 is 1.33 bits per heavy atom. The van der Waals surface area contributed by atoms with E-state index < -0.39 is 6.36 Å². The third-order valence-electron chi connectivity index (χ3n) is 2.93. The highest BCUT2D eigenvalue weighted by molar-refractivity contribution is 5.57. The van der Waals surface area contributed by atoms with Crippen molar-refractivity contribution in [3.63, 3.8) is 0 Å². The molecule has 1 aromatic heterocycles. The Morgan fingerprint density at radius 2 is 2.05 bits per heavy atom. The second-order valence-electron chi connectivity index (χ2n) is 4.42. The second-order valence-corrected chi connectivity index (χ2v) is 4.42. The van der Waals surface area contributed by atoms with Gasteiger partial charge in [-0.1, -0.05) is 19.1 Å². The highest BCUT2D eigenvalue weighted by Gasteiger charge is 2.31. The zero-order chi connectivity index (χ0) is 15.6. The molecule has 0 fully saturated rings. The van der Waals surface area contributed by atoms with Gasteiger partial charge in [-0.2, -0.15) is 0 Å². The standard InChI is InChI=1S/C14H13F3N2O2/c1-3-11-8(2)13(20)19-12(18-11)9-5-4-6-10(7-9)21-14(15,16)17/h4-7H,3H2,1-2H3,(H,18,19,20). The van der Waals surface area contributed by atoms with E-state index in [1.54, 1.807) is 13.0 Å². The smallest absolute Gasteiger partial charge is 0.406 e. The number of nitrogens with zero attached hydrogens (tertiary/aromatic N) is 1. The second kappa shape index (κ2) is 5.59. The van der Waals surface area contributed by atoms with Crippen LogP contribution >= 0.6 is 0 Å². The summed E-state index contributed by atoms with van der Waals surface area (Å²) >= 11 is 0. The fraction of sp³-hybridized carbons (Fsp3) is 0.286. The van der Waals surface area contributed by atoms with E-state index in [9.17, 15) is 18.0 Å². The van der Waals surface area contributed by atoms with Crippen LogP contribution in [0.4, 0.5) is 13.2 Å². The molecule has 0 atom stereocenters. The summed E-state index contributed by atoms with van der Waals surface area (Å²) in [6, 6.07) is 5.32. The molecule has 0 radical (unpaired) electrons. The van der Waals surface area contributed by atoms with Gasteiger partial charge in [0.15, 0.2) is 0 Å². The molecule has 1 heterocycles. The van der Waals surface area contributed by atoms with Crippen molar-refractivity contribution in [3.05, 3.63) is 45.9 Å². The third kappa shape index (κ3) is 3.62. The summed E-state index contributed by atoms with van der Waals surface area (Å²) in [7, 11) is 0. The van der Waals surface area contributed by atoms with Crippen molar-refractivity contribution >= 4 is 0 Å². The molecule has 1 N–H and O–H groups in total. The van der Waals surface area contributed by atoms with E-state index in [1.165, 1.54) is 18.2 Å². The van der Waals surface area contributed by atoms with Crippen LogP contribution < -0.4 is 10.3 Å². The maximum absolute atomic E-state index is 12.2. The van der Waals surface area contributed by atoms with Crippen LogP contribution in [0, 0.1) is 6.92 Å². The molecule has 2 rings (SSSR count). The summed E-state index contributed by atoms with van der Waals surface area (Å²) in [5, 5.41) is 0. The molecule has 1 aromatic carbocycles. The molecule has 0 aliphatic heterocycles. The van der Waals surface area contributed by atoms with Crippen molar-refractivity contribution < 1.29 is 17.9 Å². The van der Waals surface area contributed by atoms with Crippen LogP contribution in [0.5, 0.6) is 5.75 Å². The zero-order valence-electron chi connectivity index (χ0n) is 11.4. The van der Waals surface area contributed by atoms with Gasteiger partial charge in [0.25, 0.3) is 5.56 Å². The van der Waals surface area contributed by atoms with E-state index in [-0.39, 0.29) is 17.1 Å². The monoisotopic (exact) mass is 298 g/mol. The first kappa shape index (κ1) is 15.1. The summed E-state index contributed by atoms with van der Waals surface area (Å²) in [5.41, 5.74) is 1.15. The number of nitrogens with one attached hydrogen (secondary N) is 1. The number of rotatable bonds is 3. The van der Waals surface area contributed by atoms with Gasteiger partial charge in [-0.3, -0.25) is 4.79 Å². The molecule has 0 saturated carbocycles. The third-order valence-corrected chi connectivity index (χ3v) is 2.93. The number of aromatic nitrogens is 2. The Morgan fingerprint density at radius 3 is 2.67 bits per heavy atom. The number of benzene rings is 1. The van der Waals surface area contributed by atoms with Gasteiger partial charge < -0.3 is 9.72 Å². The highest BCUT2D eigenvalue weighted by Crippen LogP contribution is 2.26. The van der Waals surface area contributed by atoms with Gasteiger partial charge in [0.1, 0.15) is 11.6 Å². The summed E-state index contributed by atoms with van der Waals surface area (Å²) < 4.78 is 40.5. The van der Waals surface area contributed by atoms with Gasteiger partial charge in [0.2, 0.25) is 0 Å². The molecule has 2 aromatic rings. The summed E-state index contributed by atoms with van der Waals surface area (Å²) in [4.78, 5) is 18.6. The van der Waals surface area contributed by atoms with E-state index in [1.807, 2.05) is 6.92 Å². The Bertz CT molecular complexity index is 708. The van der Waals surface area contributed by atoms with Crippen LogP contribution in [-0.4, -0.2) is 16.3 Å². The highest BCUT2D eigenvalue weighted by atomic mass is 19.4. The number of hydrogen-bond donors (Lipinski definition) is 1. The molecule has 0 bridgehead atoms. The Kier molecular flexibility index (Phi) is 4.02. The SMILES string of the molecule is CCc1nc(-c2cccc(OC(F)(F)F)c2)[nH]c(=O)c1C. The average molecular weight is 298 g/mol. The minimum absolute atomic E-state index is 0.218. The van der Waals surface area contributed by atoms with E-state index >= 15 is 0 Å².